The highest BCUT2D eigenvalue weighted by Gasteiger charge is 2.23. The van der Waals surface area contributed by atoms with Gasteiger partial charge in [0.15, 0.2) is 0 Å². The minimum atomic E-state index is -0.878. The second-order valence-corrected chi connectivity index (χ2v) is 4.42. The molecule has 0 saturated carbocycles. The van der Waals surface area contributed by atoms with Crippen molar-refractivity contribution in [2.45, 2.75) is 13.3 Å². The van der Waals surface area contributed by atoms with Crippen molar-refractivity contribution in [3.8, 4) is 0 Å². The van der Waals surface area contributed by atoms with Crippen molar-refractivity contribution in [3.63, 3.8) is 0 Å². The number of anilines is 1. The van der Waals surface area contributed by atoms with Crippen molar-refractivity contribution < 1.29 is 18.8 Å². The summed E-state index contributed by atoms with van der Waals surface area (Å²) < 4.78 is 17.9. The molecule has 20 heavy (non-hydrogen) atoms. The Morgan fingerprint density at radius 1 is 1.55 bits per heavy atom. The molecule has 0 radical (unpaired) electrons. The number of rotatable bonds is 6. The molecule has 0 atom stereocenters. The Kier molecular flexibility index (Phi) is 5.69. The van der Waals surface area contributed by atoms with Gasteiger partial charge in [0.1, 0.15) is 18.0 Å². The van der Waals surface area contributed by atoms with Gasteiger partial charge in [0.05, 0.1) is 23.1 Å². The summed E-state index contributed by atoms with van der Waals surface area (Å²) in [5, 5.41) is 10.8. The van der Waals surface area contributed by atoms with Crippen LogP contribution in [0, 0.1) is 15.9 Å². The molecule has 0 heterocycles. The Labute approximate surface area is 120 Å². The Balaban J connectivity index is 3.26. The van der Waals surface area contributed by atoms with E-state index in [4.69, 9.17) is 11.6 Å². The Morgan fingerprint density at radius 3 is 2.70 bits per heavy atom. The van der Waals surface area contributed by atoms with Crippen molar-refractivity contribution in [1.29, 1.82) is 0 Å². The molecule has 8 heteroatoms. The molecule has 0 aliphatic carbocycles. The van der Waals surface area contributed by atoms with E-state index in [0.29, 0.717) is 13.0 Å². The summed E-state index contributed by atoms with van der Waals surface area (Å²) in [5.74, 6) is -1.43. The standard InChI is InChI=1S/C12H14ClFN2O4/c1-3-4-15(7-12(17)20-2)10-5-8(13)9(14)6-11(10)16(18)19/h5-6H,3-4,7H2,1-2H3. The second-order valence-electron chi connectivity index (χ2n) is 4.01. The molecule has 0 aliphatic rings. The largest absolute Gasteiger partial charge is 0.468 e. The van der Waals surface area contributed by atoms with E-state index in [1.54, 1.807) is 0 Å². The number of esters is 1. The molecule has 0 amide bonds. The van der Waals surface area contributed by atoms with Crippen molar-refractivity contribution in [2.75, 3.05) is 25.1 Å². The van der Waals surface area contributed by atoms with Crippen LogP contribution in [0.2, 0.25) is 5.02 Å². The summed E-state index contributed by atoms with van der Waals surface area (Å²) in [5.41, 5.74) is -0.349. The van der Waals surface area contributed by atoms with E-state index in [0.717, 1.165) is 12.1 Å². The van der Waals surface area contributed by atoms with Crippen LogP contribution in [0.4, 0.5) is 15.8 Å². The maximum absolute atomic E-state index is 13.4. The summed E-state index contributed by atoms with van der Waals surface area (Å²) >= 11 is 5.66. The van der Waals surface area contributed by atoms with E-state index in [2.05, 4.69) is 4.74 Å². The average Bonchev–Trinajstić information content (AvgIpc) is 2.40. The first-order valence-corrected chi connectivity index (χ1v) is 6.23. The van der Waals surface area contributed by atoms with E-state index >= 15 is 0 Å². The topological polar surface area (TPSA) is 72.7 Å². The zero-order chi connectivity index (χ0) is 15.3. The molecule has 0 spiro atoms. The number of carbonyl (C=O) groups is 1. The van der Waals surface area contributed by atoms with Crippen molar-refractivity contribution in [3.05, 3.63) is 33.1 Å². The van der Waals surface area contributed by atoms with E-state index in [1.807, 2.05) is 6.92 Å². The fourth-order valence-electron chi connectivity index (χ4n) is 1.70. The van der Waals surface area contributed by atoms with Gasteiger partial charge in [0.25, 0.3) is 5.69 Å². The van der Waals surface area contributed by atoms with Gasteiger partial charge < -0.3 is 9.64 Å². The van der Waals surface area contributed by atoms with Gasteiger partial charge in [-0.25, -0.2) is 4.39 Å². The van der Waals surface area contributed by atoms with Crippen LogP contribution in [-0.4, -0.2) is 31.1 Å². The Hall–Kier alpha value is -1.89. The number of nitro groups is 1. The highest BCUT2D eigenvalue weighted by molar-refractivity contribution is 6.31. The minimum Gasteiger partial charge on any atom is -0.468 e. The lowest BCUT2D eigenvalue weighted by atomic mass is 10.2. The summed E-state index contributed by atoms with van der Waals surface area (Å²) in [4.78, 5) is 23.1. The third kappa shape index (κ3) is 3.80. The summed E-state index contributed by atoms with van der Waals surface area (Å²) in [6.07, 6.45) is 0.642. The molecular formula is C12H14ClFN2O4. The first-order valence-electron chi connectivity index (χ1n) is 5.85. The van der Waals surface area contributed by atoms with Gasteiger partial charge in [0.2, 0.25) is 0 Å². The third-order valence-electron chi connectivity index (χ3n) is 2.60. The predicted molar refractivity (Wildman–Crippen MR) is 72.6 cm³/mol. The molecule has 0 bridgehead atoms. The quantitative estimate of drug-likeness (QED) is 0.459. The Morgan fingerprint density at radius 2 is 2.20 bits per heavy atom. The molecule has 0 aliphatic heterocycles. The first kappa shape index (κ1) is 16.2. The van der Waals surface area contributed by atoms with E-state index in [1.165, 1.54) is 12.0 Å². The van der Waals surface area contributed by atoms with Crippen LogP contribution in [0.5, 0.6) is 0 Å². The van der Waals surface area contributed by atoms with Crippen LogP contribution in [0.3, 0.4) is 0 Å². The summed E-state index contributed by atoms with van der Waals surface area (Å²) in [7, 11) is 1.22. The number of ether oxygens (including phenoxy) is 1. The molecule has 110 valence electrons. The summed E-state index contributed by atoms with van der Waals surface area (Å²) in [6.45, 7) is 2.05. The van der Waals surface area contributed by atoms with Crippen molar-refractivity contribution in [2.24, 2.45) is 0 Å². The van der Waals surface area contributed by atoms with E-state index < -0.39 is 22.4 Å². The average molecular weight is 305 g/mol. The fraction of sp³-hybridized carbons (Fsp3) is 0.417. The number of hydrogen-bond donors (Lipinski definition) is 0. The number of halogens is 2. The van der Waals surface area contributed by atoms with Crippen LogP contribution in [0.1, 0.15) is 13.3 Å². The lowest BCUT2D eigenvalue weighted by Gasteiger charge is -2.22. The molecule has 0 saturated heterocycles. The molecule has 1 rings (SSSR count). The molecule has 0 aromatic heterocycles. The SMILES string of the molecule is CCCN(CC(=O)OC)c1cc(Cl)c(F)cc1[N+](=O)[O-]. The Bertz CT molecular complexity index is 524. The van der Waals surface area contributed by atoms with Gasteiger partial charge in [-0.05, 0) is 12.5 Å². The van der Waals surface area contributed by atoms with Crippen LogP contribution in [0.25, 0.3) is 0 Å². The molecule has 0 unspecified atom stereocenters. The third-order valence-corrected chi connectivity index (χ3v) is 2.89. The highest BCUT2D eigenvalue weighted by atomic mass is 35.5. The number of nitro benzene ring substituents is 1. The van der Waals surface area contributed by atoms with Crippen LogP contribution in [-0.2, 0) is 9.53 Å². The number of nitrogens with zero attached hydrogens (tertiary/aromatic N) is 2. The number of carbonyl (C=O) groups excluding carboxylic acids is 1. The lowest BCUT2D eigenvalue weighted by molar-refractivity contribution is -0.384. The van der Waals surface area contributed by atoms with Gasteiger partial charge in [0, 0.05) is 6.54 Å². The monoisotopic (exact) mass is 304 g/mol. The molecule has 1 aromatic carbocycles. The number of hydrogen-bond acceptors (Lipinski definition) is 5. The second kappa shape index (κ2) is 7.04. The van der Waals surface area contributed by atoms with Crippen LogP contribution >= 0.6 is 11.6 Å². The minimum absolute atomic E-state index is 0.0913. The first-order chi connectivity index (χ1) is 9.40. The van der Waals surface area contributed by atoms with E-state index in [-0.39, 0.29) is 17.3 Å². The number of benzene rings is 1. The molecule has 1 aromatic rings. The van der Waals surface area contributed by atoms with Crippen molar-refractivity contribution in [1.82, 2.24) is 0 Å². The van der Waals surface area contributed by atoms with Gasteiger partial charge >= 0.3 is 5.97 Å². The van der Waals surface area contributed by atoms with Gasteiger partial charge in [-0.1, -0.05) is 18.5 Å². The zero-order valence-electron chi connectivity index (χ0n) is 11.1. The van der Waals surface area contributed by atoms with Crippen LogP contribution < -0.4 is 4.90 Å². The predicted octanol–water partition coefficient (Wildman–Crippen LogP) is 2.78. The maximum Gasteiger partial charge on any atom is 0.325 e. The lowest BCUT2D eigenvalue weighted by Crippen LogP contribution is -2.31. The molecule has 0 fully saturated rings. The molecule has 6 nitrogen and oxygen atoms in total. The normalized spacial score (nSPS) is 10.2. The summed E-state index contributed by atoms with van der Waals surface area (Å²) in [6, 6.07) is 1.89. The highest BCUT2D eigenvalue weighted by Crippen LogP contribution is 2.33. The van der Waals surface area contributed by atoms with Gasteiger partial charge in [-0.3, -0.25) is 14.9 Å². The maximum atomic E-state index is 13.4. The number of methoxy groups -OCH3 is 1. The molecule has 0 N–H and O–H groups in total. The van der Waals surface area contributed by atoms with Gasteiger partial charge in [-0.2, -0.15) is 0 Å². The zero-order valence-corrected chi connectivity index (χ0v) is 11.8. The fourth-order valence-corrected chi connectivity index (χ4v) is 1.86. The molecular weight excluding hydrogens is 291 g/mol. The van der Waals surface area contributed by atoms with E-state index in [9.17, 15) is 19.3 Å². The smallest absolute Gasteiger partial charge is 0.325 e. The van der Waals surface area contributed by atoms with Gasteiger partial charge in [-0.15, -0.1) is 0 Å². The van der Waals surface area contributed by atoms with Crippen LogP contribution in [0.15, 0.2) is 12.1 Å². The van der Waals surface area contributed by atoms with Crippen molar-refractivity contribution >= 4 is 28.9 Å².